The highest BCUT2D eigenvalue weighted by molar-refractivity contribution is 7.12. The van der Waals surface area contributed by atoms with Crippen LogP contribution in [0, 0.1) is 5.41 Å². The van der Waals surface area contributed by atoms with Gasteiger partial charge in [0.05, 0.1) is 10.7 Å². The van der Waals surface area contributed by atoms with Crippen LogP contribution in [-0.4, -0.2) is 12.0 Å². The Morgan fingerprint density at radius 3 is 2.63 bits per heavy atom. The van der Waals surface area contributed by atoms with Gasteiger partial charge in [-0.3, -0.25) is 0 Å². The molecule has 2 aliphatic rings. The summed E-state index contributed by atoms with van der Waals surface area (Å²) in [5.74, 6) is 0.755. The average molecular weight is 278 g/mol. The molecule has 19 heavy (non-hydrogen) atoms. The Balaban J connectivity index is 1.88. The SMILES string of the molecule is CNC1CC(C)(C)Cc2nc(C3CCCCC3)sc21. The Bertz CT molecular complexity index is 444. The first-order valence-corrected chi connectivity index (χ1v) is 8.57. The maximum atomic E-state index is 5.05. The number of thiazole rings is 1. The summed E-state index contributed by atoms with van der Waals surface area (Å²) in [5, 5.41) is 4.94. The van der Waals surface area contributed by atoms with E-state index in [2.05, 4.69) is 26.2 Å². The van der Waals surface area contributed by atoms with Crippen LogP contribution in [0.25, 0.3) is 0 Å². The van der Waals surface area contributed by atoms with Crippen molar-refractivity contribution in [3.05, 3.63) is 15.6 Å². The molecule has 1 fully saturated rings. The van der Waals surface area contributed by atoms with Gasteiger partial charge in [0, 0.05) is 16.8 Å². The molecule has 1 unspecified atom stereocenters. The molecule has 0 aromatic carbocycles. The molecular formula is C16H26N2S. The van der Waals surface area contributed by atoms with Crippen molar-refractivity contribution in [1.82, 2.24) is 10.3 Å². The van der Waals surface area contributed by atoms with Gasteiger partial charge < -0.3 is 5.32 Å². The molecule has 1 aromatic rings. The van der Waals surface area contributed by atoms with Crippen molar-refractivity contribution in [2.45, 2.75) is 70.8 Å². The summed E-state index contributed by atoms with van der Waals surface area (Å²) in [6.45, 7) is 4.75. The molecule has 0 bridgehead atoms. The summed E-state index contributed by atoms with van der Waals surface area (Å²) < 4.78 is 0. The van der Waals surface area contributed by atoms with Gasteiger partial charge in [0.2, 0.25) is 0 Å². The lowest BCUT2D eigenvalue weighted by Gasteiger charge is -2.34. The summed E-state index contributed by atoms with van der Waals surface area (Å²) in [7, 11) is 2.09. The zero-order valence-electron chi connectivity index (χ0n) is 12.5. The Morgan fingerprint density at radius 1 is 1.21 bits per heavy atom. The van der Waals surface area contributed by atoms with E-state index in [9.17, 15) is 0 Å². The third kappa shape index (κ3) is 2.73. The fraction of sp³-hybridized carbons (Fsp3) is 0.812. The van der Waals surface area contributed by atoms with Gasteiger partial charge in [0.25, 0.3) is 0 Å². The van der Waals surface area contributed by atoms with Crippen LogP contribution in [0.4, 0.5) is 0 Å². The molecule has 1 atom stereocenters. The van der Waals surface area contributed by atoms with Crippen LogP contribution in [0.1, 0.15) is 79.9 Å². The van der Waals surface area contributed by atoms with Crippen LogP contribution >= 0.6 is 11.3 Å². The molecule has 1 aromatic heterocycles. The Labute approximate surface area is 121 Å². The minimum absolute atomic E-state index is 0.387. The Hall–Kier alpha value is -0.410. The first-order chi connectivity index (χ1) is 9.09. The van der Waals surface area contributed by atoms with Crippen LogP contribution in [0.3, 0.4) is 0 Å². The van der Waals surface area contributed by atoms with Crippen molar-refractivity contribution >= 4 is 11.3 Å². The van der Waals surface area contributed by atoms with Gasteiger partial charge in [-0.15, -0.1) is 11.3 Å². The predicted octanol–water partition coefficient (Wildman–Crippen LogP) is 4.42. The highest BCUT2D eigenvalue weighted by Gasteiger charge is 2.35. The topological polar surface area (TPSA) is 24.9 Å². The van der Waals surface area contributed by atoms with Crippen LogP contribution in [0.15, 0.2) is 0 Å². The van der Waals surface area contributed by atoms with Crippen LogP contribution in [-0.2, 0) is 6.42 Å². The molecule has 1 saturated carbocycles. The lowest BCUT2D eigenvalue weighted by Crippen LogP contribution is -2.30. The smallest absolute Gasteiger partial charge is 0.0962 e. The fourth-order valence-electron chi connectivity index (χ4n) is 3.71. The molecule has 0 aliphatic heterocycles. The van der Waals surface area contributed by atoms with E-state index in [1.807, 2.05) is 11.3 Å². The molecule has 2 nitrogen and oxygen atoms in total. The van der Waals surface area contributed by atoms with Gasteiger partial charge in [0.15, 0.2) is 0 Å². The van der Waals surface area contributed by atoms with Gasteiger partial charge in [-0.05, 0) is 38.1 Å². The minimum atomic E-state index is 0.387. The van der Waals surface area contributed by atoms with Crippen molar-refractivity contribution in [3.8, 4) is 0 Å². The third-order valence-electron chi connectivity index (χ3n) is 4.77. The molecule has 0 saturated heterocycles. The summed E-state index contributed by atoms with van der Waals surface area (Å²) >= 11 is 2.00. The number of nitrogens with zero attached hydrogens (tertiary/aromatic N) is 1. The predicted molar refractivity (Wildman–Crippen MR) is 81.8 cm³/mol. The van der Waals surface area contributed by atoms with E-state index < -0.39 is 0 Å². The zero-order chi connectivity index (χ0) is 13.5. The standard InChI is InChI=1S/C16H26N2S/c1-16(2)9-12(17-3)14-13(10-16)18-15(19-14)11-7-5-4-6-8-11/h11-12,17H,4-10H2,1-3H3. The fourth-order valence-corrected chi connectivity index (χ4v) is 5.07. The van der Waals surface area contributed by atoms with Crippen molar-refractivity contribution in [2.75, 3.05) is 7.05 Å². The Kier molecular flexibility index (Phi) is 3.69. The lowest BCUT2D eigenvalue weighted by atomic mass is 9.76. The second-order valence-electron chi connectivity index (χ2n) is 7.08. The molecule has 0 radical (unpaired) electrons. The summed E-state index contributed by atoms with van der Waals surface area (Å²) in [4.78, 5) is 6.58. The number of hydrogen-bond acceptors (Lipinski definition) is 3. The van der Waals surface area contributed by atoms with Crippen LogP contribution < -0.4 is 5.32 Å². The second-order valence-corrected chi connectivity index (χ2v) is 8.15. The molecule has 2 aliphatic carbocycles. The van der Waals surface area contributed by atoms with Gasteiger partial charge in [-0.1, -0.05) is 33.1 Å². The monoisotopic (exact) mass is 278 g/mol. The number of hydrogen-bond donors (Lipinski definition) is 1. The van der Waals surface area contributed by atoms with E-state index in [0.717, 1.165) is 12.3 Å². The number of rotatable bonds is 2. The summed E-state index contributed by atoms with van der Waals surface area (Å²) in [6, 6.07) is 0.522. The van der Waals surface area contributed by atoms with Crippen LogP contribution in [0.5, 0.6) is 0 Å². The molecule has 1 N–H and O–H groups in total. The third-order valence-corrected chi connectivity index (χ3v) is 6.14. The second kappa shape index (κ2) is 5.17. The maximum Gasteiger partial charge on any atom is 0.0962 e. The quantitative estimate of drug-likeness (QED) is 0.866. The van der Waals surface area contributed by atoms with Crippen molar-refractivity contribution in [2.24, 2.45) is 5.41 Å². The van der Waals surface area contributed by atoms with Gasteiger partial charge in [0.1, 0.15) is 0 Å². The van der Waals surface area contributed by atoms with Gasteiger partial charge in [-0.2, -0.15) is 0 Å². The highest BCUT2D eigenvalue weighted by atomic mass is 32.1. The molecule has 1 heterocycles. The van der Waals surface area contributed by atoms with Gasteiger partial charge >= 0.3 is 0 Å². The van der Waals surface area contributed by atoms with Crippen molar-refractivity contribution in [1.29, 1.82) is 0 Å². The van der Waals surface area contributed by atoms with Crippen molar-refractivity contribution in [3.63, 3.8) is 0 Å². The minimum Gasteiger partial charge on any atom is -0.312 e. The van der Waals surface area contributed by atoms with Crippen LogP contribution in [0.2, 0.25) is 0 Å². The average Bonchev–Trinajstić information content (AvgIpc) is 2.81. The Morgan fingerprint density at radius 2 is 1.95 bits per heavy atom. The van der Waals surface area contributed by atoms with Gasteiger partial charge in [-0.25, -0.2) is 4.98 Å². The van der Waals surface area contributed by atoms with E-state index in [1.165, 1.54) is 54.1 Å². The van der Waals surface area contributed by atoms with E-state index in [0.29, 0.717) is 11.5 Å². The van der Waals surface area contributed by atoms with E-state index in [1.54, 1.807) is 0 Å². The maximum absolute atomic E-state index is 5.05. The number of aromatic nitrogens is 1. The van der Waals surface area contributed by atoms with E-state index in [4.69, 9.17) is 4.98 Å². The molecule has 3 rings (SSSR count). The lowest BCUT2D eigenvalue weighted by molar-refractivity contribution is 0.265. The molecule has 106 valence electrons. The van der Waals surface area contributed by atoms with Crippen molar-refractivity contribution < 1.29 is 0 Å². The summed E-state index contributed by atoms with van der Waals surface area (Å²) in [5.41, 5.74) is 1.78. The molecule has 0 spiro atoms. The number of fused-ring (bicyclic) bond motifs is 1. The number of nitrogens with one attached hydrogen (secondary N) is 1. The molecule has 0 amide bonds. The summed E-state index contributed by atoms with van der Waals surface area (Å²) in [6.07, 6.45) is 9.34. The van der Waals surface area contributed by atoms with E-state index >= 15 is 0 Å². The largest absolute Gasteiger partial charge is 0.312 e. The van der Waals surface area contributed by atoms with E-state index in [-0.39, 0.29) is 0 Å². The first-order valence-electron chi connectivity index (χ1n) is 7.76. The molecular weight excluding hydrogens is 252 g/mol. The zero-order valence-corrected chi connectivity index (χ0v) is 13.3. The normalized spacial score (nSPS) is 27.2. The molecule has 3 heteroatoms. The highest BCUT2D eigenvalue weighted by Crippen LogP contribution is 2.45. The first kappa shape index (κ1) is 13.6.